The number of carbonyl (C=O) groups excluding carboxylic acids is 1. The Hall–Kier alpha value is -2.99. The summed E-state index contributed by atoms with van der Waals surface area (Å²) in [5.74, 6) is -0.132. The van der Waals surface area contributed by atoms with Gasteiger partial charge in [0.25, 0.3) is 0 Å². The van der Waals surface area contributed by atoms with Crippen LogP contribution in [-0.2, 0) is 4.79 Å². The fraction of sp³-hybridized carbons (Fsp3) is 0.360. The Bertz CT molecular complexity index is 1070. The average Bonchev–Trinajstić information content (AvgIpc) is 3.36. The van der Waals surface area contributed by atoms with Crippen molar-refractivity contribution in [3.05, 3.63) is 72.4 Å². The number of nitrogens with zero attached hydrogens (tertiary/aromatic N) is 2. The summed E-state index contributed by atoms with van der Waals surface area (Å²) in [6.07, 6.45) is 8.46. The van der Waals surface area contributed by atoms with Gasteiger partial charge in [-0.05, 0) is 49.3 Å². The largest absolute Gasteiger partial charge is 0.324 e. The summed E-state index contributed by atoms with van der Waals surface area (Å²) in [6, 6.07) is 15.6. The zero-order valence-corrected chi connectivity index (χ0v) is 17.4. The Morgan fingerprint density at radius 3 is 2.68 bits per heavy atom. The van der Waals surface area contributed by atoms with E-state index in [1.54, 1.807) is 18.2 Å². The molecule has 5 rings (SSSR count). The molecule has 0 radical (unpaired) electrons. The third-order valence-corrected chi connectivity index (χ3v) is 6.67. The molecule has 2 aromatic carbocycles. The van der Waals surface area contributed by atoms with Gasteiger partial charge in [0.2, 0.25) is 5.91 Å². The number of carbonyl (C=O) groups is 1. The van der Waals surface area contributed by atoms with Gasteiger partial charge in [0.1, 0.15) is 5.82 Å². The molecule has 0 spiro atoms. The van der Waals surface area contributed by atoms with E-state index < -0.39 is 5.82 Å². The molecule has 160 valence electrons. The molecule has 1 unspecified atom stereocenters. The maximum absolute atomic E-state index is 13.7. The molecule has 2 heterocycles. The van der Waals surface area contributed by atoms with Crippen molar-refractivity contribution in [3.63, 3.8) is 0 Å². The van der Waals surface area contributed by atoms with Crippen molar-refractivity contribution >= 4 is 11.6 Å². The molecule has 2 N–H and O–H groups in total. The quantitative estimate of drug-likeness (QED) is 0.606. The van der Waals surface area contributed by atoms with Crippen LogP contribution in [0.4, 0.5) is 10.1 Å². The molecule has 1 aliphatic carbocycles. The first-order chi connectivity index (χ1) is 15.2. The van der Waals surface area contributed by atoms with E-state index in [2.05, 4.69) is 44.5 Å². The second-order valence-corrected chi connectivity index (χ2v) is 8.65. The lowest BCUT2D eigenvalue weighted by molar-refractivity contribution is -0.117. The van der Waals surface area contributed by atoms with Gasteiger partial charge in [0, 0.05) is 24.6 Å². The molecule has 0 bridgehead atoms. The van der Waals surface area contributed by atoms with Gasteiger partial charge in [0.15, 0.2) is 0 Å². The van der Waals surface area contributed by atoms with Crippen LogP contribution in [0.15, 0.2) is 61.1 Å². The first-order valence-corrected chi connectivity index (χ1v) is 11.1. The van der Waals surface area contributed by atoms with Crippen LogP contribution in [0, 0.1) is 11.7 Å². The smallest absolute Gasteiger partial charge is 0.224 e. The third kappa shape index (κ3) is 4.12. The van der Waals surface area contributed by atoms with Gasteiger partial charge in [-0.3, -0.25) is 4.79 Å². The lowest BCUT2D eigenvalue weighted by Gasteiger charge is -2.30. The highest BCUT2D eigenvalue weighted by Gasteiger charge is 2.29. The van der Waals surface area contributed by atoms with Gasteiger partial charge in [-0.25, -0.2) is 9.37 Å². The van der Waals surface area contributed by atoms with Crippen molar-refractivity contribution in [1.29, 1.82) is 0 Å². The van der Waals surface area contributed by atoms with Crippen LogP contribution in [-0.4, -0.2) is 28.0 Å². The summed E-state index contributed by atoms with van der Waals surface area (Å²) in [7, 11) is 0. The van der Waals surface area contributed by atoms with Crippen LogP contribution in [0.2, 0.25) is 0 Å². The number of fused-ring (bicyclic) bond motifs is 3. The fourth-order valence-corrected chi connectivity index (χ4v) is 5.02. The van der Waals surface area contributed by atoms with Gasteiger partial charge >= 0.3 is 0 Å². The molecule has 0 saturated heterocycles. The van der Waals surface area contributed by atoms with E-state index in [1.807, 2.05) is 12.5 Å². The predicted molar refractivity (Wildman–Crippen MR) is 119 cm³/mol. The molecule has 1 atom stereocenters. The molecule has 3 aromatic rings. The number of nitrogens with one attached hydrogen (secondary N) is 2. The number of amides is 1. The minimum atomic E-state index is -0.390. The summed E-state index contributed by atoms with van der Waals surface area (Å²) in [5.41, 5.74) is 4.08. The van der Waals surface area contributed by atoms with E-state index in [-0.39, 0.29) is 17.6 Å². The van der Waals surface area contributed by atoms with Crippen molar-refractivity contribution in [2.45, 2.75) is 44.2 Å². The number of hydrogen-bond acceptors (Lipinski definition) is 3. The number of imidazole rings is 1. The molecule has 31 heavy (non-hydrogen) atoms. The van der Waals surface area contributed by atoms with Crippen molar-refractivity contribution in [1.82, 2.24) is 14.9 Å². The van der Waals surface area contributed by atoms with E-state index in [0.717, 1.165) is 32.2 Å². The first-order valence-electron chi connectivity index (χ1n) is 11.1. The van der Waals surface area contributed by atoms with Crippen molar-refractivity contribution in [3.8, 4) is 11.3 Å². The summed E-state index contributed by atoms with van der Waals surface area (Å²) in [5, 5.41) is 6.47. The Balaban J connectivity index is 1.11. The van der Waals surface area contributed by atoms with Gasteiger partial charge in [-0.15, -0.1) is 0 Å². The number of aromatic nitrogens is 2. The molecular formula is C25H27FN4O. The molecule has 1 fully saturated rings. The van der Waals surface area contributed by atoms with Crippen LogP contribution < -0.4 is 10.6 Å². The fourth-order valence-electron chi connectivity index (χ4n) is 5.02. The molecule has 1 saturated carbocycles. The zero-order valence-electron chi connectivity index (χ0n) is 17.4. The predicted octanol–water partition coefficient (Wildman–Crippen LogP) is 4.77. The van der Waals surface area contributed by atoms with Crippen LogP contribution >= 0.6 is 0 Å². The van der Waals surface area contributed by atoms with Crippen LogP contribution in [0.1, 0.15) is 43.7 Å². The summed E-state index contributed by atoms with van der Waals surface area (Å²) in [6.45, 7) is 0.878. The van der Waals surface area contributed by atoms with E-state index >= 15 is 0 Å². The molecule has 1 amide bonds. The van der Waals surface area contributed by atoms with E-state index in [4.69, 9.17) is 0 Å². The molecular weight excluding hydrogens is 391 g/mol. The van der Waals surface area contributed by atoms with Crippen molar-refractivity contribution in [2.75, 3.05) is 11.9 Å². The highest BCUT2D eigenvalue weighted by atomic mass is 19.1. The minimum Gasteiger partial charge on any atom is -0.324 e. The molecule has 6 heteroatoms. The Morgan fingerprint density at radius 1 is 1.06 bits per heavy atom. The topological polar surface area (TPSA) is 59.0 Å². The van der Waals surface area contributed by atoms with Crippen LogP contribution in [0.3, 0.4) is 0 Å². The monoisotopic (exact) mass is 418 g/mol. The number of para-hydroxylation sites is 1. The van der Waals surface area contributed by atoms with E-state index in [1.165, 1.54) is 22.9 Å². The highest BCUT2D eigenvalue weighted by Crippen LogP contribution is 2.38. The minimum absolute atomic E-state index is 0.100. The molecule has 1 aromatic heterocycles. The summed E-state index contributed by atoms with van der Waals surface area (Å²) >= 11 is 0. The van der Waals surface area contributed by atoms with E-state index in [0.29, 0.717) is 18.4 Å². The van der Waals surface area contributed by atoms with Crippen molar-refractivity contribution in [2.24, 2.45) is 5.92 Å². The third-order valence-electron chi connectivity index (χ3n) is 6.67. The number of halogens is 1. The van der Waals surface area contributed by atoms with Gasteiger partial charge in [0.05, 0.1) is 29.9 Å². The maximum Gasteiger partial charge on any atom is 0.224 e. The van der Waals surface area contributed by atoms with Crippen LogP contribution in [0.25, 0.3) is 11.3 Å². The van der Waals surface area contributed by atoms with Crippen LogP contribution in [0.5, 0.6) is 0 Å². The van der Waals surface area contributed by atoms with Gasteiger partial charge < -0.3 is 15.2 Å². The SMILES string of the molecule is O=C(CC1CCC(NCC2c3ccccc3-c3cncn32)CC1)Nc1ccccc1F. The summed E-state index contributed by atoms with van der Waals surface area (Å²) in [4.78, 5) is 16.7. The lowest BCUT2D eigenvalue weighted by Crippen LogP contribution is -2.37. The Kier molecular flexibility index (Phi) is 5.55. The van der Waals surface area contributed by atoms with Crippen molar-refractivity contribution < 1.29 is 9.18 Å². The zero-order chi connectivity index (χ0) is 21.2. The Labute approximate surface area is 181 Å². The standard InChI is InChI=1S/C25H27FN4O/c26-21-7-3-4-8-22(21)29-25(31)13-17-9-11-18(12-10-17)28-15-24-20-6-2-1-5-19(20)23-14-27-16-30(23)24/h1-8,14,16-18,24,28H,9-13,15H2,(H,29,31). The second kappa shape index (κ2) is 8.63. The number of rotatable bonds is 6. The molecule has 2 aliphatic rings. The normalized spacial score (nSPS) is 22.0. The highest BCUT2D eigenvalue weighted by molar-refractivity contribution is 5.90. The maximum atomic E-state index is 13.7. The number of benzene rings is 2. The second-order valence-electron chi connectivity index (χ2n) is 8.65. The first kappa shape index (κ1) is 19.9. The number of anilines is 1. The van der Waals surface area contributed by atoms with E-state index in [9.17, 15) is 9.18 Å². The summed E-state index contributed by atoms with van der Waals surface area (Å²) < 4.78 is 16.0. The molecule has 5 nitrogen and oxygen atoms in total. The van der Waals surface area contributed by atoms with Gasteiger partial charge in [-0.1, -0.05) is 36.4 Å². The average molecular weight is 419 g/mol. The number of hydrogen-bond donors (Lipinski definition) is 2. The van der Waals surface area contributed by atoms with Gasteiger partial charge in [-0.2, -0.15) is 0 Å². The molecule has 1 aliphatic heterocycles. The Morgan fingerprint density at radius 2 is 1.84 bits per heavy atom. The lowest BCUT2D eigenvalue weighted by atomic mass is 9.84.